The summed E-state index contributed by atoms with van der Waals surface area (Å²) in [6.45, 7) is 5.15. The maximum atomic E-state index is 12.9. The summed E-state index contributed by atoms with van der Waals surface area (Å²) in [4.78, 5) is 42.3. The van der Waals surface area contributed by atoms with Gasteiger partial charge in [-0.2, -0.15) is 0 Å². The van der Waals surface area contributed by atoms with Gasteiger partial charge in [-0.05, 0) is 18.1 Å². The number of ketones is 1. The summed E-state index contributed by atoms with van der Waals surface area (Å²) >= 11 is 1.12. The minimum absolute atomic E-state index is 0.127. The molecule has 0 radical (unpaired) electrons. The predicted molar refractivity (Wildman–Crippen MR) is 123 cm³/mol. The van der Waals surface area contributed by atoms with Gasteiger partial charge in [-0.15, -0.1) is 0 Å². The normalized spacial score (nSPS) is 11.6. The third-order valence-electron chi connectivity index (χ3n) is 4.49. The molecule has 0 aliphatic rings. The largest absolute Gasteiger partial charge is 0.326 e. The number of amides is 3. The maximum absolute atomic E-state index is 12.9. The second kappa shape index (κ2) is 9.99. The number of aromatic nitrogens is 1. The zero-order chi connectivity index (χ0) is 22.4. The number of thiazole rings is 1. The quantitative estimate of drug-likeness (QED) is 0.463. The summed E-state index contributed by atoms with van der Waals surface area (Å²) in [6, 6.07) is 17.0. The van der Waals surface area contributed by atoms with Crippen molar-refractivity contribution in [3.05, 3.63) is 65.5 Å². The van der Waals surface area contributed by atoms with Gasteiger partial charge in [-0.1, -0.05) is 73.7 Å². The van der Waals surface area contributed by atoms with Crippen LogP contribution in [0.15, 0.2) is 60.7 Å². The molecule has 1 heterocycles. The lowest BCUT2D eigenvalue weighted by molar-refractivity contribution is -0.118. The van der Waals surface area contributed by atoms with Crippen molar-refractivity contribution in [3.63, 3.8) is 0 Å². The fraction of sp³-hybridized carbons (Fsp3) is 0.217. The Morgan fingerprint density at radius 3 is 2.10 bits per heavy atom. The van der Waals surface area contributed by atoms with Crippen molar-refractivity contribution >= 4 is 39.9 Å². The van der Waals surface area contributed by atoms with E-state index in [1.807, 2.05) is 62.4 Å². The molecule has 3 rings (SSSR count). The van der Waals surface area contributed by atoms with E-state index in [1.165, 1.54) is 6.92 Å². The number of carbonyl (C=O) groups excluding carboxylic acids is 3. The topological polar surface area (TPSA) is 100 Å². The monoisotopic (exact) mass is 436 g/mol. The van der Waals surface area contributed by atoms with Gasteiger partial charge in [0.1, 0.15) is 6.04 Å². The van der Waals surface area contributed by atoms with Gasteiger partial charge in [-0.3, -0.25) is 9.59 Å². The van der Waals surface area contributed by atoms with E-state index in [-0.39, 0.29) is 11.7 Å². The minimum Gasteiger partial charge on any atom is -0.326 e. The number of benzene rings is 2. The molecule has 2 aromatic carbocycles. The maximum Gasteiger partial charge on any atom is 0.319 e. The van der Waals surface area contributed by atoms with Crippen molar-refractivity contribution < 1.29 is 14.4 Å². The van der Waals surface area contributed by atoms with Crippen molar-refractivity contribution in [1.29, 1.82) is 0 Å². The average Bonchev–Trinajstić information content (AvgIpc) is 3.17. The second-order valence-electron chi connectivity index (χ2n) is 7.29. The van der Waals surface area contributed by atoms with E-state index >= 15 is 0 Å². The Balaban J connectivity index is 1.75. The van der Waals surface area contributed by atoms with Gasteiger partial charge in [0.25, 0.3) is 0 Å². The first-order valence-corrected chi connectivity index (χ1v) is 10.7. The molecule has 8 heteroatoms. The van der Waals surface area contributed by atoms with Crippen LogP contribution in [0.3, 0.4) is 0 Å². The van der Waals surface area contributed by atoms with Crippen molar-refractivity contribution in [1.82, 2.24) is 10.3 Å². The van der Waals surface area contributed by atoms with Crippen LogP contribution >= 0.6 is 11.3 Å². The van der Waals surface area contributed by atoms with Crippen molar-refractivity contribution in [2.75, 3.05) is 10.6 Å². The molecule has 1 aromatic heterocycles. The molecule has 1 atom stereocenters. The summed E-state index contributed by atoms with van der Waals surface area (Å²) in [5.41, 5.74) is 1.95. The van der Waals surface area contributed by atoms with Crippen LogP contribution in [0.4, 0.5) is 15.6 Å². The smallest absolute Gasteiger partial charge is 0.319 e. The molecule has 160 valence electrons. The summed E-state index contributed by atoms with van der Waals surface area (Å²) < 4.78 is 0. The first kappa shape index (κ1) is 22.2. The van der Waals surface area contributed by atoms with E-state index in [1.54, 1.807) is 12.1 Å². The third kappa shape index (κ3) is 5.76. The van der Waals surface area contributed by atoms with E-state index in [0.29, 0.717) is 21.4 Å². The number of rotatable bonds is 7. The lowest BCUT2D eigenvalue weighted by atomic mass is 10.0. The highest BCUT2D eigenvalue weighted by Gasteiger charge is 2.26. The van der Waals surface area contributed by atoms with Gasteiger partial charge in [0.05, 0.1) is 10.6 Å². The van der Waals surface area contributed by atoms with E-state index in [4.69, 9.17) is 0 Å². The molecule has 3 aromatic rings. The fourth-order valence-corrected chi connectivity index (χ4v) is 3.84. The van der Waals surface area contributed by atoms with Crippen molar-refractivity contribution in [2.45, 2.75) is 26.8 Å². The van der Waals surface area contributed by atoms with E-state index in [2.05, 4.69) is 20.9 Å². The van der Waals surface area contributed by atoms with Crippen molar-refractivity contribution in [2.24, 2.45) is 5.92 Å². The molecule has 1 unspecified atom stereocenters. The van der Waals surface area contributed by atoms with Crippen LogP contribution in [0.1, 0.15) is 30.4 Å². The van der Waals surface area contributed by atoms with Gasteiger partial charge >= 0.3 is 6.03 Å². The molecule has 0 fully saturated rings. The van der Waals surface area contributed by atoms with E-state index < -0.39 is 18.0 Å². The van der Waals surface area contributed by atoms with Crippen LogP contribution in [-0.4, -0.2) is 28.7 Å². The second-order valence-corrected chi connectivity index (χ2v) is 8.29. The SMILES string of the molecule is CC(=O)c1sc(NC(=O)C(NC(=O)Nc2ccccc2)C(C)C)nc1-c1ccccc1. The Morgan fingerprint density at radius 2 is 1.52 bits per heavy atom. The lowest BCUT2D eigenvalue weighted by Crippen LogP contribution is -2.48. The van der Waals surface area contributed by atoms with Crippen LogP contribution in [0.5, 0.6) is 0 Å². The number of nitrogens with zero attached hydrogens (tertiary/aromatic N) is 1. The Bertz CT molecular complexity index is 1060. The first-order chi connectivity index (χ1) is 14.8. The molecule has 31 heavy (non-hydrogen) atoms. The molecule has 0 saturated heterocycles. The van der Waals surface area contributed by atoms with Crippen LogP contribution < -0.4 is 16.0 Å². The summed E-state index contributed by atoms with van der Waals surface area (Å²) in [6.07, 6.45) is 0. The van der Waals surface area contributed by atoms with Crippen LogP contribution in [0, 0.1) is 5.92 Å². The van der Waals surface area contributed by atoms with Crippen LogP contribution in [-0.2, 0) is 4.79 Å². The Kier molecular flexibility index (Phi) is 7.15. The molecule has 0 spiro atoms. The highest BCUT2D eigenvalue weighted by atomic mass is 32.1. The summed E-state index contributed by atoms with van der Waals surface area (Å²) in [5.74, 6) is -0.693. The van der Waals surface area contributed by atoms with Gasteiger partial charge in [0, 0.05) is 18.2 Å². The van der Waals surface area contributed by atoms with Gasteiger partial charge < -0.3 is 16.0 Å². The minimum atomic E-state index is -0.784. The molecule has 0 bridgehead atoms. The summed E-state index contributed by atoms with van der Waals surface area (Å²) in [7, 11) is 0. The Morgan fingerprint density at radius 1 is 0.903 bits per heavy atom. The number of Topliss-reactive ketones (excluding diaryl/α,β-unsaturated/α-hetero) is 1. The third-order valence-corrected chi connectivity index (χ3v) is 5.56. The molecule has 3 amide bonds. The number of hydrogen-bond acceptors (Lipinski definition) is 5. The van der Waals surface area contributed by atoms with Crippen LogP contribution in [0.2, 0.25) is 0 Å². The lowest BCUT2D eigenvalue weighted by Gasteiger charge is -2.21. The summed E-state index contributed by atoms with van der Waals surface area (Å²) in [5, 5.41) is 8.48. The molecule has 0 saturated carbocycles. The molecule has 0 aliphatic heterocycles. The standard InChI is InChI=1S/C23H24N4O3S/c1-14(2)18(25-22(30)24-17-12-8-5-9-13-17)21(29)27-23-26-19(20(31-23)15(3)28)16-10-6-4-7-11-16/h4-14,18H,1-3H3,(H2,24,25,30)(H,26,27,29). The number of carbonyl (C=O) groups is 3. The molecular weight excluding hydrogens is 412 g/mol. The molecule has 3 N–H and O–H groups in total. The zero-order valence-corrected chi connectivity index (χ0v) is 18.3. The predicted octanol–water partition coefficient (Wildman–Crippen LogP) is 4.80. The van der Waals surface area contributed by atoms with E-state index in [9.17, 15) is 14.4 Å². The number of hydrogen-bond donors (Lipinski definition) is 3. The molecular formula is C23H24N4O3S. The van der Waals surface area contributed by atoms with Crippen LogP contribution in [0.25, 0.3) is 11.3 Å². The Labute approximate surface area is 184 Å². The fourth-order valence-electron chi connectivity index (χ4n) is 2.95. The highest BCUT2D eigenvalue weighted by Crippen LogP contribution is 2.31. The zero-order valence-electron chi connectivity index (χ0n) is 17.5. The van der Waals surface area contributed by atoms with Crippen molar-refractivity contribution in [3.8, 4) is 11.3 Å². The first-order valence-electron chi connectivity index (χ1n) is 9.85. The van der Waals surface area contributed by atoms with Gasteiger partial charge in [0.15, 0.2) is 10.9 Å². The van der Waals surface area contributed by atoms with Gasteiger partial charge in [-0.25, -0.2) is 9.78 Å². The number of anilines is 2. The number of para-hydroxylation sites is 1. The van der Waals surface area contributed by atoms with E-state index in [0.717, 1.165) is 16.9 Å². The number of nitrogens with one attached hydrogen (secondary N) is 3. The average molecular weight is 437 g/mol. The molecule has 7 nitrogen and oxygen atoms in total. The number of urea groups is 1. The Hall–Kier alpha value is -3.52. The molecule has 0 aliphatic carbocycles. The highest BCUT2D eigenvalue weighted by molar-refractivity contribution is 7.18. The van der Waals surface area contributed by atoms with Gasteiger partial charge in [0.2, 0.25) is 5.91 Å².